The lowest BCUT2D eigenvalue weighted by molar-refractivity contribution is -0.167. The van der Waals surface area contributed by atoms with Gasteiger partial charge in [-0.1, -0.05) is 183 Å². The van der Waals surface area contributed by atoms with Crippen LogP contribution in [0.4, 0.5) is 0 Å². The van der Waals surface area contributed by atoms with E-state index in [2.05, 4.69) is 106 Å². The SMILES string of the molecule is CCCC/C=C\CCCCCCCC(=O)OC[C@@H](COC(=O)CCC/C=C\C/C=C\C/C=C\C/C=C\CCCCC)OC(=O)CCCCCCC/C=C\C/C=C\CCCCC. The molecule has 0 rings (SSSR count). The molecule has 0 bridgehead atoms. The van der Waals surface area contributed by atoms with Crippen LogP contribution in [-0.2, 0) is 28.6 Å². The Balaban J connectivity index is 4.50. The van der Waals surface area contributed by atoms with E-state index in [0.29, 0.717) is 19.3 Å². The number of allylic oxidation sites excluding steroid dienone is 14. The molecule has 0 spiro atoms. The van der Waals surface area contributed by atoms with Crippen LogP contribution in [0.25, 0.3) is 0 Å². The summed E-state index contributed by atoms with van der Waals surface area (Å²) >= 11 is 0. The average molecular weight is 849 g/mol. The predicted octanol–water partition coefficient (Wildman–Crippen LogP) is 16.4. The fraction of sp³-hybridized carbons (Fsp3) is 0.691. The smallest absolute Gasteiger partial charge is 0.306 e. The average Bonchev–Trinajstić information content (AvgIpc) is 3.26. The van der Waals surface area contributed by atoms with Crippen molar-refractivity contribution in [3.63, 3.8) is 0 Å². The van der Waals surface area contributed by atoms with E-state index in [1.165, 1.54) is 77.0 Å². The maximum absolute atomic E-state index is 12.8. The molecule has 0 radical (unpaired) electrons. The summed E-state index contributed by atoms with van der Waals surface area (Å²) < 4.78 is 16.7. The number of rotatable bonds is 44. The molecule has 0 N–H and O–H groups in total. The molecule has 0 aromatic rings. The predicted molar refractivity (Wildman–Crippen MR) is 261 cm³/mol. The van der Waals surface area contributed by atoms with E-state index in [1.54, 1.807) is 0 Å². The molecule has 0 heterocycles. The zero-order valence-corrected chi connectivity index (χ0v) is 39.7. The molecule has 0 fully saturated rings. The lowest BCUT2D eigenvalue weighted by Crippen LogP contribution is -2.30. The van der Waals surface area contributed by atoms with Crippen molar-refractivity contribution in [3.05, 3.63) is 85.1 Å². The number of unbranched alkanes of at least 4 members (excludes halogenated alkanes) is 19. The second-order valence-electron chi connectivity index (χ2n) is 16.4. The van der Waals surface area contributed by atoms with Crippen LogP contribution in [0.3, 0.4) is 0 Å². The summed E-state index contributed by atoms with van der Waals surface area (Å²) in [6.45, 7) is 6.46. The van der Waals surface area contributed by atoms with Crippen molar-refractivity contribution in [2.45, 2.75) is 232 Å². The van der Waals surface area contributed by atoms with Crippen molar-refractivity contribution in [1.29, 1.82) is 0 Å². The molecule has 61 heavy (non-hydrogen) atoms. The van der Waals surface area contributed by atoms with Crippen LogP contribution in [0.15, 0.2) is 85.1 Å². The van der Waals surface area contributed by atoms with Crippen molar-refractivity contribution in [2.75, 3.05) is 13.2 Å². The summed E-state index contributed by atoms with van der Waals surface area (Å²) in [5.74, 6) is -0.990. The first-order chi connectivity index (χ1) is 30.0. The number of hydrogen-bond acceptors (Lipinski definition) is 6. The third-order valence-corrected chi connectivity index (χ3v) is 10.3. The highest BCUT2D eigenvalue weighted by atomic mass is 16.6. The summed E-state index contributed by atoms with van der Waals surface area (Å²) in [5, 5.41) is 0. The quantitative estimate of drug-likeness (QED) is 0.0263. The topological polar surface area (TPSA) is 78.9 Å². The molecule has 1 atom stereocenters. The van der Waals surface area contributed by atoms with Gasteiger partial charge in [-0.2, -0.15) is 0 Å². The van der Waals surface area contributed by atoms with Crippen molar-refractivity contribution >= 4 is 17.9 Å². The molecule has 6 heteroatoms. The Hall–Kier alpha value is -3.41. The zero-order chi connectivity index (χ0) is 44.4. The molecule has 0 aliphatic carbocycles. The Kier molecular flexibility index (Phi) is 46.5. The van der Waals surface area contributed by atoms with E-state index in [0.717, 1.165) is 103 Å². The molecule has 0 aromatic carbocycles. The van der Waals surface area contributed by atoms with Crippen molar-refractivity contribution in [3.8, 4) is 0 Å². The van der Waals surface area contributed by atoms with Gasteiger partial charge in [0.25, 0.3) is 0 Å². The molecule has 0 amide bonds. The Morgan fingerprint density at radius 2 is 0.623 bits per heavy atom. The highest BCUT2D eigenvalue weighted by Gasteiger charge is 2.19. The number of esters is 3. The number of carbonyl (C=O) groups is 3. The van der Waals surface area contributed by atoms with Gasteiger partial charge in [0.05, 0.1) is 0 Å². The first-order valence-electron chi connectivity index (χ1n) is 25.1. The van der Waals surface area contributed by atoms with Crippen LogP contribution < -0.4 is 0 Å². The summed E-state index contributed by atoms with van der Waals surface area (Å²) in [5.41, 5.74) is 0. The van der Waals surface area contributed by atoms with E-state index in [-0.39, 0.29) is 37.5 Å². The van der Waals surface area contributed by atoms with Gasteiger partial charge in [0.1, 0.15) is 13.2 Å². The number of hydrogen-bond donors (Lipinski definition) is 0. The molecule has 0 saturated carbocycles. The van der Waals surface area contributed by atoms with E-state index in [4.69, 9.17) is 14.2 Å². The third kappa shape index (κ3) is 47.5. The van der Waals surface area contributed by atoms with Crippen LogP contribution in [-0.4, -0.2) is 37.2 Å². The molecule has 0 aromatic heterocycles. The minimum absolute atomic E-state index is 0.105. The summed E-state index contributed by atoms with van der Waals surface area (Å²) in [6.07, 6.45) is 62.8. The van der Waals surface area contributed by atoms with E-state index >= 15 is 0 Å². The highest BCUT2D eigenvalue weighted by molar-refractivity contribution is 5.71. The maximum Gasteiger partial charge on any atom is 0.306 e. The van der Waals surface area contributed by atoms with Gasteiger partial charge in [-0.15, -0.1) is 0 Å². The van der Waals surface area contributed by atoms with Crippen molar-refractivity contribution in [1.82, 2.24) is 0 Å². The van der Waals surface area contributed by atoms with Gasteiger partial charge in [-0.25, -0.2) is 0 Å². The molecule has 348 valence electrons. The fourth-order valence-corrected chi connectivity index (χ4v) is 6.50. The van der Waals surface area contributed by atoms with Gasteiger partial charge in [-0.05, 0) is 109 Å². The first-order valence-corrected chi connectivity index (χ1v) is 25.1. The molecule has 6 nitrogen and oxygen atoms in total. The zero-order valence-electron chi connectivity index (χ0n) is 39.7. The van der Waals surface area contributed by atoms with Gasteiger partial charge >= 0.3 is 17.9 Å². The monoisotopic (exact) mass is 849 g/mol. The summed E-state index contributed by atoms with van der Waals surface area (Å²) in [7, 11) is 0. The molecule has 0 aliphatic rings. The van der Waals surface area contributed by atoms with Gasteiger partial charge in [0, 0.05) is 19.3 Å². The van der Waals surface area contributed by atoms with Crippen molar-refractivity contribution in [2.24, 2.45) is 0 Å². The summed E-state index contributed by atoms with van der Waals surface area (Å²) in [6, 6.07) is 0. The molecule has 0 aliphatic heterocycles. The highest BCUT2D eigenvalue weighted by Crippen LogP contribution is 2.12. The fourth-order valence-electron chi connectivity index (χ4n) is 6.50. The van der Waals surface area contributed by atoms with Gasteiger partial charge in [0.15, 0.2) is 6.10 Å². The molecular formula is C55H92O6. The number of carbonyl (C=O) groups excluding carboxylic acids is 3. The Morgan fingerprint density at radius 1 is 0.328 bits per heavy atom. The second-order valence-corrected chi connectivity index (χ2v) is 16.4. The second kappa shape index (κ2) is 49.2. The van der Waals surface area contributed by atoms with Crippen LogP contribution in [0, 0.1) is 0 Å². The maximum atomic E-state index is 12.8. The largest absolute Gasteiger partial charge is 0.462 e. The van der Waals surface area contributed by atoms with Crippen LogP contribution in [0.1, 0.15) is 226 Å². The van der Waals surface area contributed by atoms with Gasteiger partial charge in [0.2, 0.25) is 0 Å². The molecule has 0 unspecified atom stereocenters. The lowest BCUT2D eigenvalue weighted by Gasteiger charge is -2.18. The molecule has 0 saturated heterocycles. The first kappa shape index (κ1) is 57.6. The normalized spacial score (nSPS) is 12.8. The standard InChI is InChI=1S/C55H92O6/c1-4-7-10-13-16-19-22-24-26-27-29-30-33-36-39-42-45-48-54(57)60-51-52(50-59-53(56)47-44-41-38-35-32-21-18-15-12-9-6-3)61-55(58)49-46-43-40-37-34-31-28-25-23-20-17-14-11-8-5-2/h15-20,24-26,28-30,36,39,52H,4-14,21-23,27,31-35,37-38,40-51H2,1-3H3/b18-15-,19-16-,20-17-,26-24-,28-25-,30-29-,39-36-/t52-/m0/s1. The van der Waals surface area contributed by atoms with E-state index in [9.17, 15) is 14.4 Å². The Labute approximate surface area is 375 Å². The third-order valence-electron chi connectivity index (χ3n) is 10.3. The van der Waals surface area contributed by atoms with E-state index < -0.39 is 6.10 Å². The lowest BCUT2D eigenvalue weighted by atomic mass is 10.1. The minimum atomic E-state index is -0.808. The van der Waals surface area contributed by atoms with Crippen LogP contribution in [0.2, 0.25) is 0 Å². The van der Waals surface area contributed by atoms with Gasteiger partial charge in [-0.3, -0.25) is 14.4 Å². The molecular weight excluding hydrogens is 757 g/mol. The van der Waals surface area contributed by atoms with Crippen LogP contribution >= 0.6 is 0 Å². The van der Waals surface area contributed by atoms with Gasteiger partial charge < -0.3 is 14.2 Å². The van der Waals surface area contributed by atoms with E-state index in [1.807, 2.05) is 0 Å². The van der Waals surface area contributed by atoms with Crippen LogP contribution in [0.5, 0.6) is 0 Å². The Bertz CT molecular complexity index is 1200. The minimum Gasteiger partial charge on any atom is -0.462 e. The Morgan fingerprint density at radius 3 is 1.05 bits per heavy atom. The summed E-state index contributed by atoms with van der Waals surface area (Å²) in [4.78, 5) is 37.9. The number of ether oxygens (including phenoxy) is 3. The van der Waals surface area contributed by atoms with Crippen molar-refractivity contribution < 1.29 is 28.6 Å².